The molecule has 0 unspecified atom stereocenters. The van der Waals surface area contributed by atoms with Gasteiger partial charge in [0, 0.05) is 53.8 Å². The topological polar surface area (TPSA) is 113 Å². The number of fused-ring (bicyclic) bond motifs is 2. The summed E-state index contributed by atoms with van der Waals surface area (Å²) in [6.45, 7) is 1.85. The molecule has 36 heavy (non-hydrogen) atoms. The first-order valence-corrected chi connectivity index (χ1v) is 11.5. The predicted octanol–water partition coefficient (Wildman–Crippen LogP) is 5.29. The number of H-pyrrole nitrogens is 2. The van der Waals surface area contributed by atoms with E-state index >= 15 is 0 Å². The zero-order chi connectivity index (χ0) is 24.6. The lowest BCUT2D eigenvalue weighted by molar-refractivity contribution is -0.118. The van der Waals surface area contributed by atoms with E-state index in [1.807, 2.05) is 31.2 Å². The molecule has 9 heteroatoms. The van der Waals surface area contributed by atoms with Gasteiger partial charge in [-0.25, -0.2) is 19.3 Å². The molecule has 0 fully saturated rings. The Morgan fingerprint density at radius 2 is 1.72 bits per heavy atom. The largest absolute Gasteiger partial charge is 0.335 e. The number of ketones is 1. The predicted molar refractivity (Wildman–Crippen MR) is 134 cm³/mol. The number of hydrogen-bond acceptors (Lipinski definition) is 6. The van der Waals surface area contributed by atoms with Gasteiger partial charge in [-0.3, -0.25) is 14.9 Å². The van der Waals surface area contributed by atoms with Gasteiger partial charge >= 0.3 is 0 Å². The highest BCUT2D eigenvalue weighted by atomic mass is 19.1. The van der Waals surface area contributed by atoms with Gasteiger partial charge in [0.05, 0.1) is 10.9 Å². The Balaban J connectivity index is 1.39. The summed E-state index contributed by atoms with van der Waals surface area (Å²) in [7, 11) is 0. The Labute approximate surface area is 204 Å². The fourth-order valence-corrected chi connectivity index (χ4v) is 4.16. The summed E-state index contributed by atoms with van der Waals surface area (Å²) in [5.41, 5.74) is 6.74. The Hall–Kier alpha value is -4.79. The second-order valence-corrected chi connectivity index (χ2v) is 8.45. The van der Waals surface area contributed by atoms with Crippen molar-refractivity contribution in [2.24, 2.45) is 0 Å². The molecule has 0 saturated heterocycles. The Morgan fingerprint density at radius 3 is 2.50 bits per heavy atom. The van der Waals surface area contributed by atoms with Crippen molar-refractivity contribution in [3.05, 3.63) is 78.6 Å². The molecular formula is C27H20FN7O. The molecule has 0 radical (unpaired) electrons. The van der Waals surface area contributed by atoms with E-state index in [0.717, 1.165) is 38.9 Å². The van der Waals surface area contributed by atoms with Crippen LogP contribution >= 0.6 is 0 Å². The molecule has 5 heterocycles. The van der Waals surface area contributed by atoms with Gasteiger partial charge in [-0.2, -0.15) is 5.10 Å². The Bertz CT molecular complexity index is 1720. The number of imidazole rings is 1. The molecule has 0 aliphatic carbocycles. The molecule has 5 aromatic heterocycles. The molecule has 1 aromatic carbocycles. The van der Waals surface area contributed by atoms with Crippen molar-refractivity contribution < 1.29 is 9.18 Å². The molecule has 0 aliphatic rings. The molecule has 6 aromatic rings. The number of nitrogens with zero attached hydrogens (tertiary/aromatic N) is 5. The maximum Gasteiger partial charge on any atom is 0.181 e. The van der Waals surface area contributed by atoms with Crippen LogP contribution in [0.3, 0.4) is 0 Å². The van der Waals surface area contributed by atoms with E-state index in [1.54, 1.807) is 30.7 Å². The Kier molecular flexibility index (Phi) is 5.29. The van der Waals surface area contributed by atoms with Crippen molar-refractivity contribution in [1.82, 2.24) is 35.1 Å². The summed E-state index contributed by atoms with van der Waals surface area (Å²) >= 11 is 0. The van der Waals surface area contributed by atoms with Gasteiger partial charge in [-0.05, 0) is 35.9 Å². The van der Waals surface area contributed by atoms with Gasteiger partial charge in [-0.1, -0.05) is 25.1 Å². The van der Waals surface area contributed by atoms with Crippen LogP contribution in [0.1, 0.15) is 19.0 Å². The van der Waals surface area contributed by atoms with E-state index in [0.29, 0.717) is 35.7 Å². The van der Waals surface area contributed by atoms with Gasteiger partial charge in [-0.15, -0.1) is 0 Å². The number of carbonyl (C=O) groups is 1. The molecule has 0 amide bonds. The van der Waals surface area contributed by atoms with Crippen LogP contribution in [0, 0.1) is 5.82 Å². The summed E-state index contributed by atoms with van der Waals surface area (Å²) in [4.78, 5) is 33.1. The third-order valence-electron chi connectivity index (χ3n) is 6.12. The second-order valence-electron chi connectivity index (χ2n) is 8.45. The number of benzene rings is 1. The number of halogens is 1. The number of carbonyl (C=O) groups excluding carboxylic acids is 1. The normalized spacial score (nSPS) is 11.4. The standard InChI is InChI=1S/C27H20FN7O/c1-2-20(36)12-19-8-5-16(13-30-19)17-11-22-24(34-35-25(22)31-14-17)27-32-23-21(9-10-29-26(23)33-27)15-3-6-18(28)7-4-15/h3-11,13-14H,2,12H2,1H3,(H,29,32,33)(H,31,34,35). The van der Waals surface area contributed by atoms with Gasteiger partial charge in [0.2, 0.25) is 0 Å². The van der Waals surface area contributed by atoms with Gasteiger partial charge < -0.3 is 4.98 Å². The van der Waals surface area contributed by atoms with E-state index in [9.17, 15) is 9.18 Å². The van der Waals surface area contributed by atoms with E-state index < -0.39 is 0 Å². The van der Waals surface area contributed by atoms with E-state index in [1.165, 1.54) is 12.1 Å². The van der Waals surface area contributed by atoms with Crippen molar-refractivity contribution in [2.45, 2.75) is 19.8 Å². The lowest BCUT2D eigenvalue weighted by Crippen LogP contribution is -2.02. The molecule has 0 spiro atoms. The third kappa shape index (κ3) is 3.90. The monoisotopic (exact) mass is 477 g/mol. The maximum absolute atomic E-state index is 13.4. The maximum atomic E-state index is 13.4. The highest BCUT2D eigenvalue weighted by Crippen LogP contribution is 2.31. The van der Waals surface area contributed by atoms with Crippen molar-refractivity contribution in [3.8, 4) is 33.8 Å². The summed E-state index contributed by atoms with van der Waals surface area (Å²) in [6, 6.07) is 14.0. The lowest BCUT2D eigenvalue weighted by atomic mass is 10.1. The van der Waals surface area contributed by atoms with Crippen LogP contribution < -0.4 is 0 Å². The fourth-order valence-electron chi connectivity index (χ4n) is 4.16. The first-order valence-electron chi connectivity index (χ1n) is 11.5. The van der Waals surface area contributed by atoms with E-state index in [-0.39, 0.29) is 11.6 Å². The number of nitrogens with one attached hydrogen (secondary N) is 2. The summed E-state index contributed by atoms with van der Waals surface area (Å²) < 4.78 is 13.4. The van der Waals surface area contributed by atoms with Crippen LogP contribution in [0.25, 0.3) is 56.0 Å². The van der Waals surface area contributed by atoms with Gasteiger partial charge in [0.1, 0.15) is 17.3 Å². The molecule has 6 rings (SSSR count). The minimum atomic E-state index is -0.291. The summed E-state index contributed by atoms with van der Waals surface area (Å²) in [5, 5.41) is 8.16. The fraction of sp³-hybridized carbons (Fsp3) is 0.111. The van der Waals surface area contributed by atoms with Crippen molar-refractivity contribution in [2.75, 3.05) is 0 Å². The van der Waals surface area contributed by atoms with Crippen LogP contribution in [-0.2, 0) is 11.2 Å². The lowest BCUT2D eigenvalue weighted by Gasteiger charge is -2.04. The number of hydrogen-bond donors (Lipinski definition) is 2. The second kappa shape index (κ2) is 8.77. The summed E-state index contributed by atoms with van der Waals surface area (Å²) in [6.07, 6.45) is 6.01. The van der Waals surface area contributed by atoms with E-state index in [2.05, 4.69) is 35.1 Å². The molecule has 0 saturated carbocycles. The molecule has 2 N–H and O–H groups in total. The van der Waals surface area contributed by atoms with Crippen molar-refractivity contribution >= 4 is 28.0 Å². The quantitative estimate of drug-likeness (QED) is 0.337. The molecule has 0 bridgehead atoms. The number of rotatable bonds is 6. The third-order valence-corrected chi connectivity index (χ3v) is 6.12. The van der Waals surface area contributed by atoms with Crippen LogP contribution in [0.15, 0.2) is 67.1 Å². The SMILES string of the molecule is CCC(=O)Cc1ccc(-c2cnc3n[nH]c(-c4nc5nccc(-c6ccc(F)cc6)c5[nH]4)c3c2)cn1. The molecule has 8 nitrogen and oxygen atoms in total. The van der Waals surface area contributed by atoms with Crippen LogP contribution in [-0.4, -0.2) is 40.9 Å². The number of Topliss-reactive ketones (excluding diaryl/α,β-unsaturated/α-hetero) is 1. The van der Waals surface area contributed by atoms with Crippen molar-refractivity contribution in [1.29, 1.82) is 0 Å². The Morgan fingerprint density at radius 1 is 0.917 bits per heavy atom. The summed E-state index contributed by atoms with van der Waals surface area (Å²) in [5.74, 6) is 0.435. The zero-order valence-electron chi connectivity index (χ0n) is 19.3. The highest BCUT2D eigenvalue weighted by Gasteiger charge is 2.17. The zero-order valence-corrected chi connectivity index (χ0v) is 19.3. The molecule has 0 aliphatic heterocycles. The van der Waals surface area contributed by atoms with Crippen LogP contribution in [0.5, 0.6) is 0 Å². The first kappa shape index (κ1) is 21.7. The number of pyridine rings is 3. The van der Waals surface area contributed by atoms with Gasteiger partial charge in [0.15, 0.2) is 17.1 Å². The highest BCUT2D eigenvalue weighted by molar-refractivity contribution is 5.96. The molecular weight excluding hydrogens is 457 g/mol. The molecule has 176 valence electrons. The smallest absolute Gasteiger partial charge is 0.181 e. The first-order chi connectivity index (χ1) is 17.6. The van der Waals surface area contributed by atoms with Crippen LogP contribution in [0.4, 0.5) is 4.39 Å². The number of aromatic amines is 2. The van der Waals surface area contributed by atoms with Crippen molar-refractivity contribution in [3.63, 3.8) is 0 Å². The average molecular weight is 478 g/mol. The molecule has 0 atom stereocenters. The average Bonchev–Trinajstić information content (AvgIpc) is 3.53. The van der Waals surface area contributed by atoms with E-state index in [4.69, 9.17) is 0 Å². The van der Waals surface area contributed by atoms with Crippen LogP contribution in [0.2, 0.25) is 0 Å². The minimum absolute atomic E-state index is 0.157. The number of aromatic nitrogens is 7. The van der Waals surface area contributed by atoms with Gasteiger partial charge in [0.25, 0.3) is 0 Å². The minimum Gasteiger partial charge on any atom is -0.335 e.